The predicted octanol–water partition coefficient (Wildman–Crippen LogP) is 3.43. The van der Waals surface area contributed by atoms with Crippen molar-refractivity contribution in [2.45, 2.75) is 57.2 Å². The molecule has 0 saturated heterocycles. The Labute approximate surface area is 85.3 Å². The van der Waals surface area contributed by atoms with E-state index in [1.807, 2.05) is 6.92 Å². The molecule has 0 aromatic heterocycles. The van der Waals surface area contributed by atoms with E-state index in [-0.39, 0.29) is 0 Å². The predicted molar refractivity (Wildman–Crippen MR) is 55.3 cm³/mol. The molecule has 13 heavy (non-hydrogen) atoms. The van der Waals surface area contributed by atoms with Crippen molar-refractivity contribution in [1.29, 1.82) is 0 Å². The average molecular weight is 207 g/mol. The van der Waals surface area contributed by atoms with Crippen molar-refractivity contribution in [3.63, 3.8) is 0 Å². The summed E-state index contributed by atoms with van der Waals surface area (Å²) >= 11 is 6.01. The van der Waals surface area contributed by atoms with Gasteiger partial charge in [-0.3, -0.25) is 4.79 Å². The van der Waals surface area contributed by atoms with Crippen LogP contribution in [0.2, 0.25) is 0 Å². The SMILES string of the molecule is CCCCCC(Cl)(CCC)C(=O)O. The lowest BCUT2D eigenvalue weighted by atomic mass is 9.96. The minimum atomic E-state index is -1.01. The number of unbranched alkanes of at least 4 members (excludes halogenated alkanes) is 2. The van der Waals surface area contributed by atoms with E-state index in [0.717, 1.165) is 25.7 Å². The summed E-state index contributed by atoms with van der Waals surface area (Å²) in [6, 6.07) is 0. The Balaban J connectivity index is 4.00. The second-order valence-electron chi connectivity index (χ2n) is 3.48. The fraction of sp³-hybridized carbons (Fsp3) is 0.900. The number of carboxylic acids is 1. The molecule has 1 unspecified atom stereocenters. The zero-order chi connectivity index (χ0) is 10.3. The van der Waals surface area contributed by atoms with E-state index in [2.05, 4.69) is 6.92 Å². The Hall–Kier alpha value is -0.240. The minimum absolute atomic E-state index is 0.563. The third-order valence-electron chi connectivity index (χ3n) is 2.21. The highest BCUT2D eigenvalue weighted by atomic mass is 35.5. The molecule has 0 bridgehead atoms. The van der Waals surface area contributed by atoms with Crippen LogP contribution in [0.3, 0.4) is 0 Å². The van der Waals surface area contributed by atoms with Crippen molar-refractivity contribution >= 4 is 17.6 Å². The van der Waals surface area contributed by atoms with Crippen LogP contribution >= 0.6 is 11.6 Å². The van der Waals surface area contributed by atoms with Gasteiger partial charge in [0.25, 0.3) is 0 Å². The van der Waals surface area contributed by atoms with E-state index < -0.39 is 10.8 Å². The molecule has 78 valence electrons. The monoisotopic (exact) mass is 206 g/mol. The van der Waals surface area contributed by atoms with Gasteiger partial charge in [0.15, 0.2) is 0 Å². The second-order valence-corrected chi connectivity index (χ2v) is 4.20. The molecule has 0 rings (SSSR count). The van der Waals surface area contributed by atoms with E-state index in [0.29, 0.717) is 12.8 Å². The van der Waals surface area contributed by atoms with E-state index in [9.17, 15) is 4.79 Å². The molecule has 3 heteroatoms. The summed E-state index contributed by atoms with van der Waals surface area (Å²) in [5.74, 6) is -0.868. The van der Waals surface area contributed by atoms with Gasteiger partial charge in [0, 0.05) is 0 Å². The molecule has 0 heterocycles. The minimum Gasteiger partial charge on any atom is -0.480 e. The van der Waals surface area contributed by atoms with Gasteiger partial charge in [-0.2, -0.15) is 0 Å². The zero-order valence-electron chi connectivity index (χ0n) is 8.48. The highest BCUT2D eigenvalue weighted by Crippen LogP contribution is 2.28. The Morgan fingerprint density at radius 2 is 1.85 bits per heavy atom. The molecule has 0 radical (unpaired) electrons. The maximum absolute atomic E-state index is 10.9. The Morgan fingerprint density at radius 3 is 2.23 bits per heavy atom. The topological polar surface area (TPSA) is 37.3 Å². The van der Waals surface area contributed by atoms with Crippen molar-refractivity contribution in [2.75, 3.05) is 0 Å². The summed E-state index contributed by atoms with van der Waals surface area (Å²) in [4.78, 5) is 9.86. The fourth-order valence-electron chi connectivity index (χ4n) is 1.39. The maximum Gasteiger partial charge on any atom is 0.324 e. The molecule has 0 spiro atoms. The van der Waals surface area contributed by atoms with Gasteiger partial charge < -0.3 is 5.11 Å². The van der Waals surface area contributed by atoms with E-state index >= 15 is 0 Å². The normalized spacial score (nSPS) is 15.3. The molecule has 1 N–H and O–H groups in total. The number of carbonyl (C=O) groups is 1. The molecule has 0 aliphatic rings. The molecular formula is C10H19ClO2. The number of carboxylic acid groups (broad SMARTS) is 1. The zero-order valence-corrected chi connectivity index (χ0v) is 9.23. The Bertz CT molecular complexity index is 159. The van der Waals surface area contributed by atoms with Crippen LogP contribution < -0.4 is 0 Å². The first-order valence-corrected chi connectivity index (χ1v) is 5.37. The van der Waals surface area contributed by atoms with Crippen LogP contribution in [0.15, 0.2) is 0 Å². The van der Waals surface area contributed by atoms with E-state index in [4.69, 9.17) is 16.7 Å². The average Bonchev–Trinajstić information content (AvgIpc) is 2.05. The summed E-state index contributed by atoms with van der Waals surface area (Å²) in [6.45, 7) is 4.05. The Morgan fingerprint density at radius 1 is 1.23 bits per heavy atom. The lowest BCUT2D eigenvalue weighted by Gasteiger charge is -2.21. The lowest BCUT2D eigenvalue weighted by Crippen LogP contribution is -2.32. The van der Waals surface area contributed by atoms with E-state index in [1.165, 1.54) is 0 Å². The maximum atomic E-state index is 10.9. The Kier molecular flexibility index (Phi) is 6.13. The molecule has 0 aliphatic carbocycles. The molecule has 0 saturated carbocycles. The van der Waals surface area contributed by atoms with Gasteiger partial charge in [-0.05, 0) is 12.8 Å². The third-order valence-corrected chi connectivity index (χ3v) is 2.75. The number of hydrogen-bond acceptors (Lipinski definition) is 1. The standard InChI is InChI=1S/C10H19ClO2/c1-3-5-6-8-10(11,7-4-2)9(12)13/h3-8H2,1-2H3,(H,12,13). The summed E-state index contributed by atoms with van der Waals surface area (Å²) in [5.41, 5.74) is 0. The van der Waals surface area contributed by atoms with Crippen LogP contribution in [0.4, 0.5) is 0 Å². The van der Waals surface area contributed by atoms with Gasteiger partial charge in [-0.25, -0.2) is 0 Å². The van der Waals surface area contributed by atoms with Crippen LogP contribution in [0, 0.1) is 0 Å². The van der Waals surface area contributed by atoms with Gasteiger partial charge in [0.2, 0.25) is 0 Å². The number of halogens is 1. The fourth-order valence-corrected chi connectivity index (χ4v) is 1.71. The van der Waals surface area contributed by atoms with Crippen molar-refractivity contribution in [1.82, 2.24) is 0 Å². The molecular weight excluding hydrogens is 188 g/mol. The van der Waals surface area contributed by atoms with Crippen LogP contribution in [0.25, 0.3) is 0 Å². The van der Waals surface area contributed by atoms with Crippen molar-refractivity contribution in [3.8, 4) is 0 Å². The third kappa shape index (κ3) is 4.51. The number of alkyl halides is 1. The molecule has 0 fully saturated rings. The summed E-state index contributed by atoms with van der Waals surface area (Å²) < 4.78 is 0. The second kappa shape index (κ2) is 6.25. The first-order chi connectivity index (χ1) is 6.06. The molecule has 0 aromatic rings. The largest absolute Gasteiger partial charge is 0.480 e. The summed E-state index contributed by atoms with van der Waals surface area (Å²) in [6.07, 6.45) is 5.04. The molecule has 0 aromatic carbocycles. The smallest absolute Gasteiger partial charge is 0.324 e. The van der Waals surface area contributed by atoms with Gasteiger partial charge in [0.05, 0.1) is 0 Å². The number of hydrogen-bond donors (Lipinski definition) is 1. The van der Waals surface area contributed by atoms with Gasteiger partial charge in [-0.15, -0.1) is 11.6 Å². The van der Waals surface area contributed by atoms with Crippen LogP contribution in [-0.4, -0.2) is 16.0 Å². The summed E-state index contributed by atoms with van der Waals surface area (Å²) in [7, 11) is 0. The first-order valence-electron chi connectivity index (χ1n) is 4.99. The van der Waals surface area contributed by atoms with Crippen LogP contribution in [0.1, 0.15) is 52.4 Å². The molecule has 1 atom stereocenters. The van der Waals surface area contributed by atoms with Gasteiger partial charge >= 0.3 is 5.97 Å². The van der Waals surface area contributed by atoms with Crippen molar-refractivity contribution < 1.29 is 9.90 Å². The highest BCUT2D eigenvalue weighted by Gasteiger charge is 2.34. The van der Waals surface area contributed by atoms with Gasteiger partial charge in [-0.1, -0.05) is 39.5 Å². The first kappa shape index (κ1) is 12.8. The quantitative estimate of drug-likeness (QED) is 0.512. The molecule has 0 amide bonds. The van der Waals surface area contributed by atoms with Crippen LogP contribution in [0.5, 0.6) is 0 Å². The van der Waals surface area contributed by atoms with Crippen LogP contribution in [-0.2, 0) is 4.79 Å². The highest BCUT2D eigenvalue weighted by molar-refractivity contribution is 6.33. The lowest BCUT2D eigenvalue weighted by molar-refractivity contribution is -0.140. The van der Waals surface area contributed by atoms with Gasteiger partial charge in [0.1, 0.15) is 4.87 Å². The van der Waals surface area contributed by atoms with Crippen molar-refractivity contribution in [3.05, 3.63) is 0 Å². The van der Waals surface area contributed by atoms with Crippen molar-refractivity contribution in [2.24, 2.45) is 0 Å². The molecule has 0 aliphatic heterocycles. The number of rotatable bonds is 7. The number of aliphatic carboxylic acids is 1. The summed E-state index contributed by atoms with van der Waals surface area (Å²) in [5, 5.41) is 8.93. The van der Waals surface area contributed by atoms with E-state index in [1.54, 1.807) is 0 Å². The molecule has 2 nitrogen and oxygen atoms in total.